The molecule has 27 heavy (non-hydrogen) atoms. The van der Waals surface area contributed by atoms with Crippen LogP contribution in [0.15, 0.2) is 72.3 Å². The molecule has 0 saturated heterocycles. The summed E-state index contributed by atoms with van der Waals surface area (Å²) in [4.78, 5) is 12.3. The Morgan fingerprint density at radius 1 is 0.889 bits per heavy atom. The van der Waals surface area contributed by atoms with Gasteiger partial charge in [-0.25, -0.2) is 4.79 Å². The second-order valence-electron chi connectivity index (χ2n) is 6.17. The van der Waals surface area contributed by atoms with Crippen LogP contribution in [0.1, 0.15) is 11.1 Å². The number of rotatable bonds is 4. The van der Waals surface area contributed by atoms with Gasteiger partial charge in [0.1, 0.15) is 17.3 Å². The molecule has 0 unspecified atom stereocenters. The fraction of sp³-hybridized carbons (Fsp3) is 0.0870. The fourth-order valence-electron chi connectivity index (χ4n) is 3.09. The summed E-state index contributed by atoms with van der Waals surface area (Å²) in [7, 11) is 3.25. The maximum atomic E-state index is 12.3. The van der Waals surface area contributed by atoms with E-state index in [2.05, 4.69) is 0 Å². The average molecular weight is 358 g/mol. The highest BCUT2D eigenvalue weighted by atomic mass is 16.5. The summed E-state index contributed by atoms with van der Waals surface area (Å²) in [6.45, 7) is 0. The van der Waals surface area contributed by atoms with Crippen LogP contribution in [0.5, 0.6) is 11.5 Å². The van der Waals surface area contributed by atoms with Crippen LogP contribution in [0.2, 0.25) is 0 Å². The van der Waals surface area contributed by atoms with Crippen LogP contribution in [-0.4, -0.2) is 20.2 Å². The Balaban J connectivity index is 1.70. The molecule has 1 heterocycles. The van der Waals surface area contributed by atoms with Crippen molar-refractivity contribution in [3.05, 3.63) is 83.4 Å². The Labute approximate surface area is 157 Å². The summed E-state index contributed by atoms with van der Waals surface area (Å²) >= 11 is 0. The first-order valence-electron chi connectivity index (χ1n) is 8.55. The quantitative estimate of drug-likeness (QED) is 0.495. The fourth-order valence-corrected chi connectivity index (χ4v) is 3.09. The number of ether oxygens (including phenoxy) is 3. The molecule has 0 aromatic heterocycles. The molecule has 4 nitrogen and oxygen atoms in total. The summed E-state index contributed by atoms with van der Waals surface area (Å²) < 4.78 is 16.1. The molecule has 0 radical (unpaired) electrons. The number of carbonyl (C=O) groups is 1. The summed E-state index contributed by atoms with van der Waals surface area (Å²) in [5.74, 6) is 1.69. The van der Waals surface area contributed by atoms with E-state index in [1.807, 2.05) is 60.7 Å². The lowest BCUT2D eigenvalue weighted by Gasteiger charge is -2.06. The SMILES string of the molecule is COc1ccc2cc(C3=C/C(=C/c4ccccc4OC)C(=O)O3)ccc2c1. The van der Waals surface area contributed by atoms with Gasteiger partial charge in [0, 0.05) is 11.1 Å². The van der Waals surface area contributed by atoms with Crippen LogP contribution >= 0.6 is 0 Å². The molecule has 0 fully saturated rings. The number of hydrogen-bond donors (Lipinski definition) is 0. The van der Waals surface area contributed by atoms with E-state index in [-0.39, 0.29) is 5.97 Å². The van der Waals surface area contributed by atoms with E-state index in [0.717, 1.165) is 27.6 Å². The Hall–Kier alpha value is -3.53. The lowest BCUT2D eigenvalue weighted by molar-refractivity contribution is -0.130. The van der Waals surface area contributed by atoms with Crippen LogP contribution in [0.4, 0.5) is 0 Å². The molecule has 0 amide bonds. The van der Waals surface area contributed by atoms with Crippen LogP contribution in [0.25, 0.3) is 22.6 Å². The predicted molar refractivity (Wildman–Crippen MR) is 106 cm³/mol. The highest BCUT2D eigenvalue weighted by Gasteiger charge is 2.22. The molecule has 3 aromatic carbocycles. The zero-order chi connectivity index (χ0) is 18.8. The second kappa shape index (κ2) is 7.00. The first kappa shape index (κ1) is 16.9. The highest BCUT2D eigenvalue weighted by molar-refractivity contribution is 6.05. The molecule has 4 rings (SSSR count). The topological polar surface area (TPSA) is 44.8 Å². The largest absolute Gasteiger partial charge is 0.497 e. The van der Waals surface area contributed by atoms with E-state index in [0.29, 0.717) is 17.1 Å². The van der Waals surface area contributed by atoms with Crippen molar-refractivity contribution in [3.8, 4) is 11.5 Å². The standard InChI is InChI=1S/C23H18O4/c1-25-20-10-9-15-11-18(8-7-16(15)13-20)22-14-19(23(24)27-22)12-17-5-3-4-6-21(17)26-2/h3-14H,1-2H3/b19-12-. The van der Waals surface area contributed by atoms with E-state index in [4.69, 9.17) is 14.2 Å². The average Bonchev–Trinajstić information content (AvgIpc) is 3.08. The van der Waals surface area contributed by atoms with Crippen molar-refractivity contribution in [2.75, 3.05) is 14.2 Å². The molecule has 1 aliphatic rings. The molecule has 0 N–H and O–H groups in total. The van der Waals surface area contributed by atoms with Gasteiger partial charge in [-0.2, -0.15) is 0 Å². The molecule has 1 aliphatic heterocycles. The monoisotopic (exact) mass is 358 g/mol. The van der Waals surface area contributed by atoms with Crippen molar-refractivity contribution in [2.24, 2.45) is 0 Å². The lowest BCUT2D eigenvalue weighted by Crippen LogP contribution is -1.97. The number of para-hydroxylation sites is 1. The molecular weight excluding hydrogens is 340 g/mol. The Morgan fingerprint density at radius 2 is 1.67 bits per heavy atom. The molecule has 0 saturated carbocycles. The smallest absolute Gasteiger partial charge is 0.343 e. The van der Waals surface area contributed by atoms with Gasteiger partial charge in [0.05, 0.1) is 19.8 Å². The minimum Gasteiger partial charge on any atom is -0.497 e. The molecular formula is C23H18O4. The van der Waals surface area contributed by atoms with Gasteiger partial charge in [-0.15, -0.1) is 0 Å². The van der Waals surface area contributed by atoms with Gasteiger partial charge in [0.25, 0.3) is 0 Å². The molecule has 0 atom stereocenters. The number of fused-ring (bicyclic) bond motifs is 1. The third kappa shape index (κ3) is 3.29. The van der Waals surface area contributed by atoms with Gasteiger partial charge < -0.3 is 14.2 Å². The number of carbonyl (C=O) groups excluding carboxylic acids is 1. The van der Waals surface area contributed by atoms with Crippen molar-refractivity contribution >= 4 is 28.6 Å². The number of esters is 1. The molecule has 0 aliphatic carbocycles. The maximum absolute atomic E-state index is 12.3. The van der Waals surface area contributed by atoms with Crippen molar-refractivity contribution in [1.29, 1.82) is 0 Å². The minimum atomic E-state index is -0.370. The Bertz CT molecular complexity index is 1090. The third-order valence-corrected chi connectivity index (χ3v) is 4.51. The summed E-state index contributed by atoms with van der Waals surface area (Å²) in [5, 5.41) is 2.11. The molecule has 0 bridgehead atoms. The van der Waals surface area contributed by atoms with E-state index >= 15 is 0 Å². The van der Waals surface area contributed by atoms with Crippen molar-refractivity contribution in [2.45, 2.75) is 0 Å². The zero-order valence-corrected chi connectivity index (χ0v) is 15.1. The summed E-state index contributed by atoms with van der Waals surface area (Å²) in [6.07, 6.45) is 3.54. The van der Waals surface area contributed by atoms with E-state index in [1.54, 1.807) is 26.4 Å². The van der Waals surface area contributed by atoms with Gasteiger partial charge in [-0.1, -0.05) is 36.4 Å². The van der Waals surface area contributed by atoms with Crippen LogP contribution in [-0.2, 0) is 9.53 Å². The number of cyclic esters (lactones) is 1. The summed E-state index contributed by atoms with van der Waals surface area (Å²) in [5.41, 5.74) is 2.17. The van der Waals surface area contributed by atoms with Crippen molar-refractivity contribution in [1.82, 2.24) is 0 Å². The minimum absolute atomic E-state index is 0.370. The zero-order valence-electron chi connectivity index (χ0n) is 15.1. The van der Waals surface area contributed by atoms with Crippen molar-refractivity contribution < 1.29 is 19.0 Å². The van der Waals surface area contributed by atoms with Gasteiger partial charge in [-0.05, 0) is 47.2 Å². The van der Waals surface area contributed by atoms with E-state index in [9.17, 15) is 4.79 Å². The van der Waals surface area contributed by atoms with Crippen LogP contribution < -0.4 is 9.47 Å². The van der Waals surface area contributed by atoms with Crippen molar-refractivity contribution in [3.63, 3.8) is 0 Å². The highest BCUT2D eigenvalue weighted by Crippen LogP contribution is 2.31. The van der Waals surface area contributed by atoms with Crippen LogP contribution in [0, 0.1) is 0 Å². The van der Waals surface area contributed by atoms with E-state index in [1.165, 1.54) is 0 Å². The molecule has 4 heteroatoms. The number of methoxy groups -OCH3 is 2. The Morgan fingerprint density at radius 3 is 2.48 bits per heavy atom. The van der Waals surface area contributed by atoms with Crippen LogP contribution in [0.3, 0.4) is 0 Å². The summed E-state index contributed by atoms with van der Waals surface area (Å²) in [6, 6.07) is 19.3. The third-order valence-electron chi connectivity index (χ3n) is 4.51. The second-order valence-corrected chi connectivity index (χ2v) is 6.17. The first-order valence-corrected chi connectivity index (χ1v) is 8.55. The normalized spacial score (nSPS) is 15.0. The van der Waals surface area contributed by atoms with Gasteiger partial charge in [-0.3, -0.25) is 0 Å². The lowest BCUT2D eigenvalue weighted by atomic mass is 10.0. The first-order chi connectivity index (χ1) is 13.2. The van der Waals surface area contributed by atoms with E-state index < -0.39 is 0 Å². The predicted octanol–water partition coefficient (Wildman–Crippen LogP) is 4.84. The molecule has 3 aromatic rings. The van der Waals surface area contributed by atoms with Gasteiger partial charge in [0.2, 0.25) is 0 Å². The number of hydrogen-bond acceptors (Lipinski definition) is 4. The molecule has 134 valence electrons. The van der Waals surface area contributed by atoms with Gasteiger partial charge in [0.15, 0.2) is 0 Å². The maximum Gasteiger partial charge on any atom is 0.343 e. The Kier molecular flexibility index (Phi) is 4.38. The number of benzene rings is 3. The molecule has 0 spiro atoms. The van der Waals surface area contributed by atoms with Gasteiger partial charge >= 0.3 is 5.97 Å².